The lowest BCUT2D eigenvalue weighted by molar-refractivity contribution is -0.152. The van der Waals surface area contributed by atoms with Gasteiger partial charge in [0, 0.05) is 31.7 Å². The van der Waals surface area contributed by atoms with Gasteiger partial charge in [-0.1, -0.05) is 0 Å². The summed E-state index contributed by atoms with van der Waals surface area (Å²) >= 11 is 0. The normalized spacial score (nSPS) is 16.5. The summed E-state index contributed by atoms with van der Waals surface area (Å²) in [5, 5.41) is 2.84. The van der Waals surface area contributed by atoms with Crippen LogP contribution < -0.4 is 5.32 Å². The minimum Gasteiger partial charge on any atom is -0.324 e. The van der Waals surface area contributed by atoms with E-state index >= 15 is 0 Å². The second-order valence-corrected chi connectivity index (χ2v) is 4.27. The molecule has 1 aromatic rings. The molecule has 0 fully saturated rings. The van der Waals surface area contributed by atoms with Crippen LogP contribution in [0, 0.1) is 0 Å². The molecule has 108 valence electrons. The van der Waals surface area contributed by atoms with Gasteiger partial charge in [-0.3, -0.25) is 0 Å². The standard InChI is InChI=1S/C10H11F6N3/c11-9(12,13)2-4-19-7-1-3-17-5-6(7)18-8(19)10(14,15)16/h17H,1-5H2. The maximum Gasteiger partial charge on any atom is 0.449 e. The third-order valence-corrected chi connectivity index (χ3v) is 2.86. The molecule has 0 radical (unpaired) electrons. The van der Waals surface area contributed by atoms with Gasteiger partial charge in [-0.2, -0.15) is 26.3 Å². The Hall–Kier alpha value is -1.25. The van der Waals surface area contributed by atoms with Gasteiger partial charge in [-0.05, 0) is 0 Å². The average molecular weight is 287 g/mol. The molecular formula is C10H11F6N3. The predicted molar refractivity (Wildman–Crippen MR) is 53.3 cm³/mol. The fraction of sp³-hybridized carbons (Fsp3) is 0.700. The Labute approximate surface area is 104 Å². The van der Waals surface area contributed by atoms with Crippen LogP contribution in [-0.2, 0) is 25.7 Å². The highest BCUT2D eigenvalue weighted by atomic mass is 19.4. The predicted octanol–water partition coefficient (Wildman–Crippen LogP) is 2.50. The van der Waals surface area contributed by atoms with Crippen molar-refractivity contribution in [2.45, 2.75) is 38.3 Å². The number of fused-ring (bicyclic) bond motifs is 1. The summed E-state index contributed by atoms with van der Waals surface area (Å²) in [5.74, 6) is -1.24. The van der Waals surface area contributed by atoms with Crippen LogP contribution in [0.15, 0.2) is 0 Å². The molecule has 0 amide bonds. The first-order valence-corrected chi connectivity index (χ1v) is 5.61. The van der Waals surface area contributed by atoms with Crippen molar-refractivity contribution in [3.63, 3.8) is 0 Å². The zero-order valence-electron chi connectivity index (χ0n) is 9.70. The zero-order valence-corrected chi connectivity index (χ0v) is 9.70. The van der Waals surface area contributed by atoms with Crippen LogP contribution in [0.4, 0.5) is 26.3 Å². The van der Waals surface area contributed by atoms with Crippen LogP contribution in [0.25, 0.3) is 0 Å². The molecule has 1 aliphatic heterocycles. The molecule has 0 saturated carbocycles. The van der Waals surface area contributed by atoms with Crippen LogP contribution in [0.2, 0.25) is 0 Å². The summed E-state index contributed by atoms with van der Waals surface area (Å²) in [7, 11) is 0. The van der Waals surface area contributed by atoms with Crippen molar-refractivity contribution in [1.82, 2.24) is 14.9 Å². The van der Waals surface area contributed by atoms with Crippen molar-refractivity contribution >= 4 is 0 Å². The van der Waals surface area contributed by atoms with E-state index in [9.17, 15) is 26.3 Å². The molecule has 0 aliphatic carbocycles. The lowest BCUT2D eigenvalue weighted by Crippen LogP contribution is -2.26. The largest absolute Gasteiger partial charge is 0.449 e. The van der Waals surface area contributed by atoms with E-state index in [2.05, 4.69) is 10.3 Å². The Morgan fingerprint density at radius 1 is 1.16 bits per heavy atom. The summed E-state index contributed by atoms with van der Waals surface area (Å²) in [6.07, 6.45) is -10.3. The molecular weight excluding hydrogens is 276 g/mol. The first-order chi connectivity index (χ1) is 8.68. The Morgan fingerprint density at radius 3 is 2.42 bits per heavy atom. The van der Waals surface area contributed by atoms with E-state index in [0.717, 1.165) is 0 Å². The van der Waals surface area contributed by atoms with Crippen molar-refractivity contribution in [3.8, 4) is 0 Å². The highest BCUT2D eigenvalue weighted by Crippen LogP contribution is 2.32. The molecule has 3 nitrogen and oxygen atoms in total. The minimum atomic E-state index is -4.75. The maximum absolute atomic E-state index is 12.8. The number of nitrogens with zero attached hydrogens (tertiary/aromatic N) is 2. The Bertz CT molecular complexity index is 459. The van der Waals surface area contributed by atoms with Crippen LogP contribution in [0.3, 0.4) is 0 Å². The fourth-order valence-corrected chi connectivity index (χ4v) is 2.07. The molecule has 0 bridgehead atoms. The molecule has 2 rings (SSSR count). The maximum atomic E-state index is 12.8. The van der Waals surface area contributed by atoms with Gasteiger partial charge in [0.2, 0.25) is 5.82 Å². The number of halogens is 6. The van der Waals surface area contributed by atoms with E-state index in [0.29, 0.717) is 11.1 Å². The molecule has 2 heterocycles. The van der Waals surface area contributed by atoms with E-state index in [4.69, 9.17) is 0 Å². The monoisotopic (exact) mass is 287 g/mol. The summed E-state index contributed by atoms with van der Waals surface area (Å²) in [6.45, 7) is -0.167. The van der Waals surface area contributed by atoms with Crippen molar-refractivity contribution in [2.75, 3.05) is 6.54 Å². The zero-order chi connectivity index (χ0) is 14.3. The van der Waals surface area contributed by atoms with E-state index in [-0.39, 0.29) is 24.4 Å². The third kappa shape index (κ3) is 3.20. The van der Waals surface area contributed by atoms with Crippen LogP contribution >= 0.6 is 0 Å². The van der Waals surface area contributed by atoms with Gasteiger partial charge in [-0.25, -0.2) is 4.98 Å². The Balaban J connectivity index is 2.35. The van der Waals surface area contributed by atoms with Gasteiger partial charge in [0.05, 0.1) is 12.1 Å². The van der Waals surface area contributed by atoms with Crippen molar-refractivity contribution in [3.05, 3.63) is 17.2 Å². The Kier molecular flexibility index (Phi) is 3.50. The van der Waals surface area contributed by atoms with Gasteiger partial charge >= 0.3 is 12.4 Å². The smallest absolute Gasteiger partial charge is 0.324 e. The number of hydrogen-bond donors (Lipinski definition) is 1. The van der Waals surface area contributed by atoms with Gasteiger partial charge in [0.25, 0.3) is 0 Å². The number of aromatic nitrogens is 2. The minimum absolute atomic E-state index is 0.150. The highest BCUT2D eigenvalue weighted by Gasteiger charge is 2.40. The SMILES string of the molecule is FC(F)(F)CCn1c(C(F)(F)F)nc2c1CCNC2. The number of alkyl halides is 6. The second kappa shape index (κ2) is 4.69. The summed E-state index contributed by atoms with van der Waals surface area (Å²) in [4.78, 5) is 3.43. The third-order valence-electron chi connectivity index (χ3n) is 2.86. The first kappa shape index (κ1) is 14.2. The summed E-state index contributed by atoms with van der Waals surface area (Å²) in [5.41, 5.74) is 0.427. The molecule has 0 spiro atoms. The number of rotatable bonds is 2. The van der Waals surface area contributed by atoms with E-state index in [1.54, 1.807) is 0 Å². The fourth-order valence-electron chi connectivity index (χ4n) is 2.07. The molecule has 0 saturated heterocycles. The van der Waals surface area contributed by atoms with E-state index in [1.165, 1.54) is 0 Å². The molecule has 9 heteroatoms. The first-order valence-electron chi connectivity index (χ1n) is 5.61. The number of nitrogens with one attached hydrogen (secondary N) is 1. The van der Waals surface area contributed by atoms with E-state index < -0.39 is 31.1 Å². The number of hydrogen-bond acceptors (Lipinski definition) is 2. The highest BCUT2D eigenvalue weighted by molar-refractivity contribution is 5.21. The van der Waals surface area contributed by atoms with Crippen molar-refractivity contribution in [2.24, 2.45) is 0 Å². The van der Waals surface area contributed by atoms with Gasteiger partial charge < -0.3 is 9.88 Å². The van der Waals surface area contributed by atoms with Crippen molar-refractivity contribution in [1.29, 1.82) is 0 Å². The van der Waals surface area contributed by atoms with Crippen LogP contribution in [-0.4, -0.2) is 22.3 Å². The summed E-state index contributed by atoms with van der Waals surface area (Å²) < 4.78 is 75.5. The van der Waals surface area contributed by atoms with Crippen LogP contribution in [0.1, 0.15) is 23.6 Å². The number of imidazole rings is 1. The van der Waals surface area contributed by atoms with Gasteiger partial charge in [-0.15, -0.1) is 0 Å². The second-order valence-electron chi connectivity index (χ2n) is 4.27. The lowest BCUT2D eigenvalue weighted by Gasteiger charge is -2.17. The molecule has 1 aromatic heterocycles. The Morgan fingerprint density at radius 2 is 1.84 bits per heavy atom. The van der Waals surface area contributed by atoms with Gasteiger partial charge in [0.1, 0.15) is 0 Å². The quantitative estimate of drug-likeness (QED) is 0.847. The van der Waals surface area contributed by atoms with Gasteiger partial charge in [0.15, 0.2) is 0 Å². The average Bonchev–Trinajstić information content (AvgIpc) is 2.63. The summed E-state index contributed by atoms with van der Waals surface area (Å²) in [6, 6.07) is 0. The molecule has 0 unspecified atom stereocenters. The molecule has 1 N–H and O–H groups in total. The molecule has 1 aliphatic rings. The molecule has 0 atom stereocenters. The molecule has 19 heavy (non-hydrogen) atoms. The topological polar surface area (TPSA) is 29.9 Å². The van der Waals surface area contributed by atoms with Crippen molar-refractivity contribution < 1.29 is 26.3 Å². The van der Waals surface area contributed by atoms with Crippen LogP contribution in [0.5, 0.6) is 0 Å². The van der Waals surface area contributed by atoms with E-state index in [1.807, 2.05) is 0 Å². The lowest BCUT2D eigenvalue weighted by atomic mass is 10.2. The molecule has 0 aromatic carbocycles.